The molecule has 1 aliphatic heterocycles. The molecule has 0 aromatic carbocycles. The van der Waals surface area contributed by atoms with Gasteiger partial charge < -0.3 is 14.9 Å². The second-order valence-electron chi connectivity index (χ2n) is 4.58. The van der Waals surface area contributed by atoms with Crippen LogP contribution in [0.5, 0.6) is 0 Å². The maximum absolute atomic E-state index is 9.10. The summed E-state index contributed by atoms with van der Waals surface area (Å²) >= 11 is 0. The van der Waals surface area contributed by atoms with E-state index in [9.17, 15) is 0 Å². The van der Waals surface area contributed by atoms with Gasteiger partial charge in [0.2, 0.25) is 5.95 Å². The average Bonchev–Trinajstić information content (AvgIpc) is 2.54. The predicted molar refractivity (Wildman–Crippen MR) is 67.0 cm³/mol. The molecule has 17 heavy (non-hydrogen) atoms. The lowest BCUT2D eigenvalue weighted by atomic mass is 10.2. The quantitative estimate of drug-likeness (QED) is 0.806. The van der Waals surface area contributed by atoms with Gasteiger partial charge in [0.15, 0.2) is 0 Å². The van der Waals surface area contributed by atoms with Crippen molar-refractivity contribution >= 4 is 5.95 Å². The van der Waals surface area contributed by atoms with Crippen molar-refractivity contribution in [3.05, 3.63) is 17.5 Å². The molecule has 2 rings (SSSR count). The zero-order chi connectivity index (χ0) is 12.3. The molecule has 1 aliphatic rings. The van der Waals surface area contributed by atoms with E-state index in [0.29, 0.717) is 0 Å². The van der Waals surface area contributed by atoms with Crippen LogP contribution in [0.15, 0.2) is 6.20 Å². The number of rotatable bonds is 2. The van der Waals surface area contributed by atoms with Gasteiger partial charge in [0, 0.05) is 37.1 Å². The molecule has 0 unspecified atom stereocenters. The third-order valence-electron chi connectivity index (χ3n) is 3.24. The maximum atomic E-state index is 9.10. The van der Waals surface area contributed by atoms with Gasteiger partial charge in [-0.25, -0.2) is 9.97 Å². The van der Waals surface area contributed by atoms with Crippen molar-refractivity contribution in [1.82, 2.24) is 14.9 Å². The van der Waals surface area contributed by atoms with Gasteiger partial charge in [-0.2, -0.15) is 0 Å². The summed E-state index contributed by atoms with van der Waals surface area (Å²) in [5.41, 5.74) is 1.68. The largest absolute Gasteiger partial charge is 0.392 e. The van der Waals surface area contributed by atoms with E-state index < -0.39 is 0 Å². The molecule has 0 bridgehead atoms. The number of likely N-dealkylation sites (N-methyl/N-ethyl adjacent to an activating group) is 1. The molecule has 0 radical (unpaired) electrons. The van der Waals surface area contributed by atoms with Crippen LogP contribution in [0.25, 0.3) is 0 Å². The highest BCUT2D eigenvalue weighted by atomic mass is 16.3. The smallest absolute Gasteiger partial charge is 0.225 e. The van der Waals surface area contributed by atoms with E-state index >= 15 is 0 Å². The van der Waals surface area contributed by atoms with Crippen molar-refractivity contribution in [3.8, 4) is 0 Å². The molecule has 2 heterocycles. The molecule has 1 aromatic heterocycles. The molecular formula is C12H20N4O. The zero-order valence-corrected chi connectivity index (χ0v) is 10.6. The summed E-state index contributed by atoms with van der Waals surface area (Å²) in [6, 6.07) is 0. The van der Waals surface area contributed by atoms with E-state index in [4.69, 9.17) is 5.11 Å². The number of aromatic nitrogens is 2. The monoisotopic (exact) mass is 236 g/mol. The van der Waals surface area contributed by atoms with E-state index in [1.54, 1.807) is 6.20 Å². The Morgan fingerprint density at radius 2 is 2.12 bits per heavy atom. The normalized spacial score (nSPS) is 18.2. The van der Waals surface area contributed by atoms with E-state index in [1.807, 2.05) is 6.92 Å². The summed E-state index contributed by atoms with van der Waals surface area (Å²) in [6.07, 6.45) is 2.87. The summed E-state index contributed by atoms with van der Waals surface area (Å²) < 4.78 is 0. The first-order valence-corrected chi connectivity index (χ1v) is 6.07. The molecule has 94 valence electrons. The lowest BCUT2D eigenvalue weighted by molar-refractivity contribution is 0.280. The van der Waals surface area contributed by atoms with E-state index in [-0.39, 0.29) is 6.61 Å². The van der Waals surface area contributed by atoms with Crippen molar-refractivity contribution in [2.24, 2.45) is 0 Å². The van der Waals surface area contributed by atoms with Crippen LogP contribution in [0.4, 0.5) is 5.95 Å². The topological polar surface area (TPSA) is 52.5 Å². The lowest BCUT2D eigenvalue weighted by Crippen LogP contribution is -2.30. The highest BCUT2D eigenvalue weighted by Crippen LogP contribution is 2.13. The van der Waals surface area contributed by atoms with Gasteiger partial charge in [-0.05, 0) is 26.9 Å². The minimum Gasteiger partial charge on any atom is -0.392 e. The van der Waals surface area contributed by atoms with Gasteiger partial charge in [-0.3, -0.25) is 0 Å². The second-order valence-corrected chi connectivity index (χ2v) is 4.58. The summed E-state index contributed by atoms with van der Waals surface area (Å²) in [5, 5.41) is 9.10. The lowest BCUT2D eigenvalue weighted by Gasteiger charge is -2.20. The summed E-state index contributed by atoms with van der Waals surface area (Å²) in [4.78, 5) is 13.4. The molecule has 5 nitrogen and oxygen atoms in total. The third kappa shape index (κ3) is 2.92. The number of aryl methyl sites for hydroxylation is 1. The maximum Gasteiger partial charge on any atom is 0.225 e. The first-order valence-electron chi connectivity index (χ1n) is 6.07. The summed E-state index contributed by atoms with van der Waals surface area (Å²) in [7, 11) is 2.14. The Hall–Kier alpha value is -1.20. The SMILES string of the molecule is Cc1nc(N2CCCN(C)CC2)ncc1CO. The van der Waals surface area contributed by atoms with Crippen molar-refractivity contribution in [1.29, 1.82) is 0 Å². The summed E-state index contributed by atoms with van der Waals surface area (Å²) in [6.45, 7) is 6.07. The molecule has 0 saturated carbocycles. The second kappa shape index (κ2) is 5.42. The average molecular weight is 236 g/mol. The summed E-state index contributed by atoms with van der Waals surface area (Å²) in [5.74, 6) is 0.787. The standard InChI is InChI=1S/C12H20N4O/c1-10-11(9-17)8-13-12(14-10)16-5-3-4-15(2)6-7-16/h8,17H,3-7,9H2,1-2H3. The van der Waals surface area contributed by atoms with Gasteiger partial charge in [0.25, 0.3) is 0 Å². The van der Waals surface area contributed by atoms with Crippen molar-refractivity contribution in [3.63, 3.8) is 0 Å². The van der Waals surface area contributed by atoms with Crippen LogP contribution in [-0.4, -0.2) is 53.2 Å². The van der Waals surface area contributed by atoms with Crippen LogP contribution in [-0.2, 0) is 6.61 Å². The van der Waals surface area contributed by atoms with E-state index in [1.165, 1.54) is 0 Å². The minimum absolute atomic E-state index is 0.00878. The number of hydrogen-bond donors (Lipinski definition) is 1. The molecule has 0 aliphatic carbocycles. The zero-order valence-electron chi connectivity index (χ0n) is 10.6. The van der Waals surface area contributed by atoms with Crippen LogP contribution in [0.1, 0.15) is 17.7 Å². The number of anilines is 1. The van der Waals surface area contributed by atoms with Crippen LogP contribution < -0.4 is 4.90 Å². The van der Waals surface area contributed by atoms with Crippen molar-refractivity contribution in [2.45, 2.75) is 20.0 Å². The van der Waals surface area contributed by atoms with Gasteiger partial charge in [-0.1, -0.05) is 0 Å². The molecule has 1 N–H and O–H groups in total. The highest BCUT2D eigenvalue weighted by Gasteiger charge is 2.15. The Morgan fingerprint density at radius 3 is 2.82 bits per heavy atom. The predicted octanol–water partition coefficient (Wildman–Crippen LogP) is 0.419. The number of aliphatic hydroxyl groups excluding tert-OH is 1. The molecular weight excluding hydrogens is 216 g/mol. The Balaban J connectivity index is 2.13. The number of aliphatic hydroxyl groups is 1. The molecule has 0 amide bonds. The first-order chi connectivity index (χ1) is 8.20. The van der Waals surface area contributed by atoms with Crippen LogP contribution >= 0.6 is 0 Å². The Bertz CT molecular complexity index is 383. The Kier molecular flexibility index (Phi) is 3.91. The minimum atomic E-state index is 0.00878. The molecule has 0 spiro atoms. The van der Waals surface area contributed by atoms with Crippen LogP contribution in [0, 0.1) is 6.92 Å². The van der Waals surface area contributed by atoms with Crippen LogP contribution in [0.2, 0.25) is 0 Å². The molecule has 0 atom stereocenters. The Morgan fingerprint density at radius 1 is 1.29 bits per heavy atom. The molecule has 1 saturated heterocycles. The van der Waals surface area contributed by atoms with Gasteiger partial charge in [0.05, 0.1) is 6.61 Å². The fraction of sp³-hybridized carbons (Fsp3) is 0.667. The first kappa shape index (κ1) is 12.3. The fourth-order valence-corrected chi connectivity index (χ4v) is 2.03. The fourth-order valence-electron chi connectivity index (χ4n) is 2.03. The van der Waals surface area contributed by atoms with Crippen molar-refractivity contribution < 1.29 is 5.11 Å². The van der Waals surface area contributed by atoms with Crippen LogP contribution in [0.3, 0.4) is 0 Å². The molecule has 1 fully saturated rings. The highest BCUT2D eigenvalue weighted by molar-refractivity contribution is 5.33. The Labute approximate surface area is 102 Å². The van der Waals surface area contributed by atoms with E-state index in [2.05, 4.69) is 26.8 Å². The molecule has 1 aromatic rings. The van der Waals surface area contributed by atoms with Gasteiger partial charge >= 0.3 is 0 Å². The molecule has 5 heteroatoms. The van der Waals surface area contributed by atoms with Gasteiger partial charge in [-0.15, -0.1) is 0 Å². The van der Waals surface area contributed by atoms with E-state index in [0.717, 1.165) is 49.8 Å². The van der Waals surface area contributed by atoms with Gasteiger partial charge in [0.1, 0.15) is 0 Å². The third-order valence-corrected chi connectivity index (χ3v) is 3.24. The number of hydrogen-bond acceptors (Lipinski definition) is 5. The van der Waals surface area contributed by atoms with Crippen molar-refractivity contribution in [2.75, 3.05) is 38.1 Å². The number of nitrogens with zero attached hydrogens (tertiary/aromatic N) is 4.